The first kappa shape index (κ1) is 15.0. The number of esters is 1. The van der Waals surface area contributed by atoms with Crippen molar-refractivity contribution >= 4 is 15.8 Å². The number of nitrogens with two attached hydrogens (primary N) is 1. The Bertz CT molecular complexity index is 597. The minimum atomic E-state index is -3.61. The van der Waals surface area contributed by atoms with E-state index in [1.165, 1.54) is 7.11 Å². The Morgan fingerprint density at radius 2 is 2.10 bits per heavy atom. The van der Waals surface area contributed by atoms with Gasteiger partial charge in [-0.2, -0.15) is 0 Å². The van der Waals surface area contributed by atoms with E-state index in [9.17, 15) is 13.2 Å². The first-order valence-electron chi connectivity index (χ1n) is 6.57. The van der Waals surface area contributed by atoms with Crippen LogP contribution < -0.4 is 5.73 Å². The second kappa shape index (κ2) is 5.93. The zero-order valence-corrected chi connectivity index (χ0v) is 12.2. The molecule has 1 aliphatic rings. The van der Waals surface area contributed by atoms with E-state index in [2.05, 4.69) is 4.74 Å². The fourth-order valence-electron chi connectivity index (χ4n) is 2.69. The minimum absolute atomic E-state index is 0.467. The second-order valence-corrected chi connectivity index (χ2v) is 7.26. The number of benzene rings is 1. The monoisotopic (exact) mass is 297 g/mol. The summed E-state index contributed by atoms with van der Waals surface area (Å²) in [7, 11) is -2.43. The molecule has 0 fully saturated rings. The molecule has 0 radical (unpaired) electrons. The third kappa shape index (κ3) is 3.02. The van der Waals surface area contributed by atoms with Crippen LogP contribution in [0.4, 0.5) is 0 Å². The molecule has 0 saturated heterocycles. The third-order valence-electron chi connectivity index (χ3n) is 3.76. The Balaban J connectivity index is 2.32. The molecule has 0 bridgehead atoms. The second-order valence-electron chi connectivity index (χ2n) is 5.04. The largest absolute Gasteiger partial charge is 0.468 e. The highest BCUT2D eigenvalue weighted by molar-refractivity contribution is 7.92. The van der Waals surface area contributed by atoms with Crippen molar-refractivity contribution in [2.75, 3.05) is 12.9 Å². The quantitative estimate of drug-likeness (QED) is 0.664. The van der Waals surface area contributed by atoms with Crippen LogP contribution in [0.5, 0.6) is 0 Å². The lowest BCUT2D eigenvalue weighted by Crippen LogP contribution is -2.36. The van der Waals surface area contributed by atoms with Crippen molar-refractivity contribution in [3.05, 3.63) is 35.4 Å². The summed E-state index contributed by atoms with van der Waals surface area (Å²) in [6.45, 7) is 0. The molecule has 0 aromatic heterocycles. The molecular formula is C14H19NO4S. The summed E-state index contributed by atoms with van der Waals surface area (Å²) < 4.78 is 29.1. The number of methoxy groups -OCH3 is 1. The molecule has 0 amide bonds. The zero-order valence-electron chi connectivity index (χ0n) is 11.4. The number of rotatable bonds is 3. The summed E-state index contributed by atoms with van der Waals surface area (Å²) in [4.78, 5) is 11.3. The van der Waals surface area contributed by atoms with E-state index in [0.717, 1.165) is 24.0 Å². The maximum Gasteiger partial charge on any atom is 0.320 e. The highest BCUT2D eigenvalue weighted by Crippen LogP contribution is 2.31. The lowest BCUT2D eigenvalue weighted by atomic mass is 10.00. The van der Waals surface area contributed by atoms with Crippen LogP contribution in [0.1, 0.15) is 30.0 Å². The number of carbonyl (C=O) groups is 1. The highest BCUT2D eigenvalue weighted by Gasteiger charge is 2.36. The van der Waals surface area contributed by atoms with Gasteiger partial charge in [-0.15, -0.1) is 0 Å². The third-order valence-corrected chi connectivity index (χ3v) is 5.85. The van der Waals surface area contributed by atoms with Gasteiger partial charge in [0.2, 0.25) is 0 Å². The minimum Gasteiger partial charge on any atom is -0.468 e. The molecular weight excluding hydrogens is 278 g/mol. The average Bonchev–Trinajstić information content (AvgIpc) is 2.58. The molecule has 0 spiro atoms. The van der Waals surface area contributed by atoms with Gasteiger partial charge in [-0.25, -0.2) is 8.42 Å². The molecule has 2 rings (SSSR count). The molecule has 0 aliphatic heterocycles. The van der Waals surface area contributed by atoms with E-state index in [1.807, 2.05) is 24.3 Å². The summed E-state index contributed by atoms with van der Waals surface area (Å²) >= 11 is 0. The van der Waals surface area contributed by atoms with E-state index in [1.54, 1.807) is 0 Å². The highest BCUT2D eigenvalue weighted by atomic mass is 32.2. The van der Waals surface area contributed by atoms with Gasteiger partial charge in [0.25, 0.3) is 0 Å². The van der Waals surface area contributed by atoms with Gasteiger partial charge in [-0.3, -0.25) is 4.79 Å². The Morgan fingerprint density at radius 3 is 2.80 bits per heavy atom. The van der Waals surface area contributed by atoms with Crippen LogP contribution in [-0.2, 0) is 25.8 Å². The molecule has 0 saturated carbocycles. The predicted molar refractivity (Wildman–Crippen MR) is 75.9 cm³/mol. The van der Waals surface area contributed by atoms with Gasteiger partial charge < -0.3 is 10.5 Å². The van der Waals surface area contributed by atoms with E-state index >= 15 is 0 Å². The first-order valence-corrected chi connectivity index (χ1v) is 8.29. The standard InChI is InChI=1S/C14H19NO4S/c1-19-13(16)9-20(17,18)12-8-4-6-10-5-2-3-7-11(10)14(12)15/h2-3,5,7,12,14H,4,6,8-9,15H2,1H3. The Morgan fingerprint density at radius 1 is 1.40 bits per heavy atom. The Kier molecular flexibility index (Phi) is 4.45. The van der Waals surface area contributed by atoms with Crippen LogP contribution in [0.2, 0.25) is 0 Å². The molecule has 20 heavy (non-hydrogen) atoms. The Hall–Kier alpha value is -1.40. The number of hydrogen-bond acceptors (Lipinski definition) is 5. The molecule has 110 valence electrons. The van der Waals surface area contributed by atoms with E-state index < -0.39 is 32.9 Å². The van der Waals surface area contributed by atoms with Crippen molar-refractivity contribution in [2.24, 2.45) is 5.73 Å². The van der Waals surface area contributed by atoms with Gasteiger partial charge in [0.15, 0.2) is 9.84 Å². The van der Waals surface area contributed by atoms with E-state index in [0.29, 0.717) is 6.42 Å². The van der Waals surface area contributed by atoms with Gasteiger partial charge >= 0.3 is 5.97 Å². The van der Waals surface area contributed by atoms with Gasteiger partial charge in [0, 0.05) is 6.04 Å². The van der Waals surface area contributed by atoms with Gasteiger partial charge in [0.1, 0.15) is 5.75 Å². The van der Waals surface area contributed by atoms with E-state index in [4.69, 9.17) is 5.73 Å². The first-order chi connectivity index (χ1) is 9.45. The summed E-state index contributed by atoms with van der Waals surface area (Å²) in [6.07, 6.45) is 2.03. The number of carbonyl (C=O) groups excluding carboxylic acids is 1. The van der Waals surface area contributed by atoms with Gasteiger partial charge in [-0.05, 0) is 30.4 Å². The van der Waals surface area contributed by atoms with E-state index in [-0.39, 0.29) is 0 Å². The molecule has 0 heterocycles. The van der Waals surface area contributed by atoms with Crippen LogP contribution >= 0.6 is 0 Å². The SMILES string of the molecule is COC(=O)CS(=O)(=O)C1CCCc2ccccc2C1N. The molecule has 2 unspecified atom stereocenters. The van der Waals surface area contributed by atoms with Crippen molar-refractivity contribution < 1.29 is 17.9 Å². The maximum atomic E-state index is 12.3. The molecule has 2 atom stereocenters. The maximum absolute atomic E-state index is 12.3. The smallest absolute Gasteiger partial charge is 0.320 e. The summed E-state index contributed by atoms with van der Waals surface area (Å²) in [6, 6.07) is 7.03. The van der Waals surface area contributed by atoms with Crippen LogP contribution in [0.3, 0.4) is 0 Å². The topological polar surface area (TPSA) is 86.5 Å². The zero-order chi connectivity index (χ0) is 14.8. The van der Waals surface area contributed by atoms with Crippen molar-refractivity contribution in [3.8, 4) is 0 Å². The van der Waals surface area contributed by atoms with Crippen LogP contribution in [0.25, 0.3) is 0 Å². The molecule has 5 nitrogen and oxygen atoms in total. The number of sulfone groups is 1. The number of aryl methyl sites for hydroxylation is 1. The van der Waals surface area contributed by atoms with Crippen molar-refractivity contribution in [2.45, 2.75) is 30.6 Å². The van der Waals surface area contributed by atoms with Crippen LogP contribution in [0, 0.1) is 0 Å². The predicted octanol–water partition coefficient (Wildman–Crippen LogP) is 0.979. The van der Waals surface area contributed by atoms with Crippen LogP contribution in [-0.4, -0.2) is 32.5 Å². The fourth-order valence-corrected chi connectivity index (χ4v) is 4.47. The van der Waals surface area contributed by atoms with Crippen molar-refractivity contribution in [3.63, 3.8) is 0 Å². The van der Waals surface area contributed by atoms with Crippen LogP contribution in [0.15, 0.2) is 24.3 Å². The molecule has 1 aliphatic carbocycles. The molecule has 6 heteroatoms. The molecule has 1 aromatic rings. The normalized spacial score (nSPS) is 22.7. The Labute approximate surface area is 119 Å². The molecule has 2 N–H and O–H groups in total. The lowest BCUT2D eigenvalue weighted by molar-refractivity contribution is -0.137. The lowest BCUT2D eigenvalue weighted by Gasteiger charge is -2.22. The van der Waals surface area contributed by atoms with Crippen molar-refractivity contribution in [1.29, 1.82) is 0 Å². The average molecular weight is 297 g/mol. The summed E-state index contributed by atoms with van der Waals surface area (Å²) in [5, 5.41) is -0.731. The summed E-state index contributed by atoms with van der Waals surface area (Å²) in [5.74, 6) is -1.35. The number of hydrogen-bond donors (Lipinski definition) is 1. The summed E-state index contributed by atoms with van der Waals surface area (Å²) in [5.41, 5.74) is 8.12. The van der Waals surface area contributed by atoms with Gasteiger partial charge in [0.05, 0.1) is 12.4 Å². The molecule has 1 aromatic carbocycles. The van der Waals surface area contributed by atoms with Crippen molar-refractivity contribution in [1.82, 2.24) is 0 Å². The number of fused-ring (bicyclic) bond motifs is 1. The number of ether oxygens (including phenoxy) is 1. The van der Waals surface area contributed by atoms with Gasteiger partial charge in [-0.1, -0.05) is 24.3 Å². The fraction of sp³-hybridized carbons (Fsp3) is 0.500.